The number of furan rings is 1. The summed E-state index contributed by atoms with van der Waals surface area (Å²) in [5, 5.41) is 12.3. The first kappa shape index (κ1) is 27.8. The van der Waals surface area contributed by atoms with E-state index in [4.69, 9.17) is 4.42 Å². The van der Waals surface area contributed by atoms with E-state index in [1.807, 2.05) is 48.5 Å². The molecule has 4 rings (SSSR count). The largest absolute Gasteiger partial charge is 0.442 e. The molecule has 1 aliphatic rings. The van der Waals surface area contributed by atoms with Crippen LogP contribution in [-0.4, -0.2) is 58.9 Å². The van der Waals surface area contributed by atoms with Gasteiger partial charge in [-0.1, -0.05) is 36.4 Å². The third-order valence-electron chi connectivity index (χ3n) is 4.96. The highest BCUT2D eigenvalue weighted by molar-refractivity contribution is 5.98. The summed E-state index contributed by atoms with van der Waals surface area (Å²) in [7, 11) is 2.14. The van der Waals surface area contributed by atoms with Gasteiger partial charge in [-0.15, -0.1) is 24.8 Å². The standard InChI is InChI=1S/C20H21N3O3.2ClH.2H2O/c1-21-9-11-22(12-10-21)14-15-7-8-18-17(13-15)19(20(26-18)23(24)25)16-5-3-2-4-6-16;;;;/h2-8,13H,9-12,14H2,1H3;2*1H;2*1H2. The van der Waals surface area contributed by atoms with E-state index in [1.54, 1.807) is 0 Å². The van der Waals surface area contributed by atoms with Gasteiger partial charge >= 0.3 is 5.88 Å². The number of rotatable bonds is 4. The van der Waals surface area contributed by atoms with Crippen LogP contribution >= 0.6 is 24.8 Å². The van der Waals surface area contributed by atoms with Crippen molar-refractivity contribution in [2.75, 3.05) is 33.2 Å². The zero-order valence-corrected chi connectivity index (χ0v) is 18.2. The van der Waals surface area contributed by atoms with E-state index in [0.29, 0.717) is 11.1 Å². The number of benzene rings is 2. The third-order valence-corrected chi connectivity index (χ3v) is 4.96. The number of nitro groups is 1. The molecule has 2 aromatic carbocycles. The van der Waals surface area contributed by atoms with Crippen molar-refractivity contribution < 1.29 is 20.3 Å². The topological polar surface area (TPSA) is 126 Å². The van der Waals surface area contributed by atoms with Gasteiger partial charge in [0, 0.05) is 38.1 Å². The lowest BCUT2D eigenvalue weighted by Crippen LogP contribution is -2.43. The van der Waals surface area contributed by atoms with Crippen molar-refractivity contribution in [2.45, 2.75) is 6.54 Å². The molecule has 3 aromatic rings. The number of fused-ring (bicyclic) bond motifs is 1. The van der Waals surface area contributed by atoms with Crippen LogP contribution in [-0.2, 0) is 6.54 Å². The summed E-state index contributed by atoms with van der Waals surface area (Å²) in [4.78, 5) is 15.8. The number of nitrogens with zero attached hydrogens (tertiary/aromatic N) is 3. The zero-order valence-electron chi connectivity index (χ0n) is 16.5. The van der Waals surface area contributed by atoms with Crippen molar-refractivity contribution >= 4 is 41.7 Å². The first-order chi connectivity index (χ1) is 12.6. The van der Waals surface area contributed by atoms with Crippen LogP contribution in [0.3, 0.4) is 0 Å². The molecule has 1 aromatic heterocycles. The molecular weight excluding hydrogens is 433 g/mol. The summed E-state index contributed by atoms with van der Waals surface area (Å²) in [6.45, 7) is 5.04. The van der Waals surface area contributed by atoms with Crippen molar-refractivity contribution in [2.24, 2.45) is 0 Å². The summed E-state index contributed by atoms with van der Waals surface area (Å²) in [5.41, 5.74) is 3.06. The molecule has 4 N–H and O–H groups in total. The molecule has 8 nitrogen and oxygen atoms in total. The molecule has 1 saturated heterocycles. The van der Waals surface area contributed by atoms with Crippen LogP contribution in [0.2, 0.25) is 0 Å². The van der Waals surface area contributed by atoms with Crippen LogP contribution in [0, 0.1) is 10.1 Å². The Bertz CT molecular complexity index is 944. The van der Waals surface area contributed by atoms with Crippen molar-refractivity contribution in [3.63, 3.8) is 0 Å². The van der Waals surface area contributed by atoms with Gasteiger partial charge in [0.25, 0.3) is 0 Å². The first-order valence-electron chi connectivity index (χ1n) is 8.78. The van der Waals surface area contributed by atoms with Gasteiger partial charge in [0.15, 0.2) is 0 Å². The number of likely N-dealkylation sites (N-methyl/N-ethyl adjacent to an activating group) is 1. The fraction of sp³-hybridized carbons (Fsp3) is 0.300. The molecule has 0 saturated carbocycles. The molecule has 166 valence electrons. The number of hydrogen-bond donors (Lipinski definition) is 0. The van der Waals surface area contributed by atoms with E-state index in [2.05, 4.69) is 16.8 Å². The molecule has 10 heteroatoms. The van der Waals surface area contributed by atoms with E-state index in [1.165, 1.54) is 0 Å². The van der Waals surface area contributed by atoms with Crippen molar-refractivity contribution in [1.82, 2.24) is 9.80 Å². The summed E-state index contributed by atoms with van der Waals surface area (Å²) in [6, 6.07) is 15.3. The minimum atomic E-state index is -0.442. The molecule has 2 heterocycles. The number of halogens is 2. The highest BCUT2D eigenvalue weighted by Gasteiger charge is 2.25. The Morgan fingerprint density at radius 2 is 1.63 bits per heavy atom. The van der Waals surface area contributed by atoms with Gasteiger partial charge in [-0.3, -0.25) is 15.0 Å². The molecule has 0 spiro atoms. The van der Waals surface area contributed by atoms with E-state index in [-0.39, 0.29) is 41.7 Å². The molecule has 0 unspecified atom stereocenters. The van der Waals surface area contributed by atoms with Gasteiger partial charge in [0.05, 0.1) is 0 Å². The lowest BCUT2D eigenvalue weighted by Gasteiger charge is -2.32. The van der Waals surface area contributed by atoms with Crippen LogP contribution in [0.25, 0.3) is 22.1 Å². The third kappa shape index (κ3) is 5.69. The number of piperazine rings is 1. The van der Waals surface area contributed by atoms with E-state index < -0.39 is 4.92 Å². The molecule has 30 heavy (non-hydrogen) atoms. The van der Waals surface area contributed by atoms with E-state index >= 15 is 0 Å². The average molecular weight is 460 g/mol. The van der Waals surface area contributed by atoms with Crippen LogP contribution in [0.4, 0.5) is 5.88 Å². The molecule has 1 aliphatic heterocycles. The molecule has 0 aliphatic carbocycles. The fourth-order valence-corrected chi connectivity index (χ4v) is 3.51. The Morgan fingerprint density at radius 1 is 1.00 bits per heavy atom. The minimum absolute atomic E-state index is 0. The maximum absolute atomic E-state index is 11.5. The maximum Gasteiger partial charge on any atom is 0.442 e. The van der Waals surface area contributed by atoms with E-state index in [0.717, 1.165) is 49.2 Å². The maximum atomic E-state index is 11.5. The molecule has 0 radical (unpaired) electrons. The Morgan fingerprint density at radius 3 is 2.23 bits per heavy atom. The Balaban J connectivity index is 0.00000210. The van der Waals surface area contributed by atoms with Crippen LogP contribution in [0.1, 0.15) is 5.56 Å². The Hall–Kier alpha value is -2.20. The summed E-state index contributed by atoms with van der Waals surface area (Å²) >= 11 is 0. The molecular formula is C20H27Cl2N3O5. The van der Waals surface area contributed by atoms with Crippen LogP contribution in [0.5, 0.6) is 0 Å². The SMILES string of the molecule is CN1CCN(Cc2ccc3oc([N+](=O)[O-])c(-c4ccccc4)c3c2)CC1.Cl.Cl.O.O. The van der Waals surface area contributed by atoms with Gasteiger partial charge in [-0.25, -0.2) is 0 Å². The average Bonchev–Trinajstić information content (AvgIpc) is 3.03. The van der Waals surface area contributed by atoms with Crippen LogP contribution < -0.4 is 0 Å². The second-order valence-electron chi connectivity index (χ2n) is 6.82. The highest BCUT2D eigenvalue weighted by atomic mass is 35.5. The van der Waals surface area contributed by atoms with Gasteiger partial charge in [0.2, 0.25) is 0 Å². The molecule has 0 bridgehead atoms. The smallest absolute Gasteiger partial charge is 0.412 e. The fourth-order valence-electron chi connectivity index (χ4n) is 3.51. The highest BCUT2D eigenvalue weighted by Crippen LogP contribution is 2.40. The number of hydrogen-bond acceptors (Lipinski definition) is 5. The zero-order chi connectivity index (χ0) is 18.1. The van der Waals surface area contributed by atoms with Crippen molar-refractivity contribution in [3.05, 3.63) is 64.2 Å². The van der Waals surface area contributed by atoms with E-state index in [9.17, 15) is 10.1 Å². The van der Waals surface area contributed by atoms with Gasteiger partial charge in [-0.2, -0.15) is 0 Å². The minimum Gasteiger partial charge on any atom is -0.412 e. The summed E-state index contributed by atoms with van der Waals surface area (Å²) in [5.74, 6) is -0.192. The predicted octanol–water partition coefficient (Wildman–Crippen LogP) is 2.95. The second kappa shape index (κ2) is 11.8. The lowest BCUT2D eigenvalue weighted by atomic mass is 10.0. The van der Waals surface area contributed by atoms with Gasteiger partial charge in [0.1, 0.15) is 16.1 Å². The Kier molecular flexibility index (Phi) is 11.0. The normalized spacial score (nSPS) is 14.0. The molecule has 0 amide bonds. The van der Waals surface area contributed by atoms with Crippen molar-refractivity contribution in [1.29, 1.82) is 0 Å². The Labute approximate surface area is 187 Å². The van der Waals surface area contributed by atoms with Gasteiger partial charge in [-0.05, 0) is 30.3 Å². The van der Waals surface area contributed by atoms with Crippen LogP contribution in [0.15, 0.2) is 52.9 Å². The first-order valence-corrected chi connectivity index (χ1v) is 8.78. The molecule has 1 fully saturated rings. The van der Waals surface area contributed by atoms with Crippen molar-refractivity contribution in [3.8, 4) is 11.1 Å². The summed E-state index contributed by atoms with van der Waals surface area (Å²) < 4.78 is 5.55. The summed E-state index contributed by atoms with van der Waals surface area (Å²) in [6.07, 6.45) is 0. The lowest BCUT2D eigenvalue weighted by molar-refractivity contribution is -0.400. The van der Waals surface area contributed by atoms with Gasteiger partial charge < -0.3 is 20.3 Å². The monoisotopic (exact) mass is 459 g/mol. The predicted molar refractivity (Wildman–Crippen MR) is 123 cm³/mol. The molecule has 0 atom stereocenters. The second-order valence-corrected chi connectivity index (χ2v) is 6.82. The quantitative estimate of drug-likeness (QED) is 0.437.